The van der Waals surface area contributed by atoms with Crippen molar-refractivity contribution in [2.75, 3.05) is 0 Å². The van der Waals surface area contributed by atoms with Gasteiger partial charge in [-0.2, -0.15) is 0 Å². The Morgan fingerprint density at radius 2 is 2.50 bits per heavy atom. The highest BCUT2D eigenvalue weighted by Crippen LogP contribution is 2.24. The van der Waals surface area contributed by atoms with Crippen molar-refractivity contribution in [3.8, 4) is 0 Å². The molecule has 0 aliphatic rings. The molecule has 0 fully saturated rings. The summed E-state index contributed by atoms with van der Waals surface area (Å²) >= 11 is 1.84. The highest BCUT2D eigenvalue weighted by Gasteiger charge is 2.03. The first-order valence-electron chi connectivity index (χ1n) is 3.67. The molecule has 1 rings (SSSR count). The van der Waals surface area contributed by atoms with E-state index in [1.807, 2.05) is 11.3 Å². The molecule has 0 bridgehead atoms. The van der Waals surface area contributed by atoms with Crippen LogP contribution in [0.2, 0.25) is 0 Å². The van der Waals surface area contributed by atoms with Crippen LogP contribution in [-0.4, -0.2) is 0 Å². The molecule has 1 aromatic heterocycles. The van der Waals surface area contributed by atoms with Crippen LogP contribution >= 0.6 is 11.3 Å². The van der Waals surface area contributed by atoms with Gasteiger partial charge in [0.25, 0.3) is 0 Å². The molecule has 1 heterocycles. The maximum Gasteiger partial charge on any atom is 0.00734 e. The number of hydrogen-bond donors (Lipinski definition) is 0. The van der Waals surface area contributed by atoms with E-state index in [9.17, 15) is 0 Å². The zero-order chi connectivity index (χ0) is 7.40. The third kappa shape index (κ3) is 1.84. The molecule has 0 N–H and O–H groups in total. The van der Waals surface area contributed by atoms with Gasteiger partial charge in [0, 0.05) is 4.88 Å². The zero-order valence-electron chi connectivity index (χ0n) is 6.34. The summed E-state index contributed by atoms with van der Waals surface area (Å²) in [7, 11) is 0. The zero-order valence-corrected chi connectivity index (χ0v) is 7.16. The lowest BCUT2D eigenvalue weighted by molar-refractivity contribution is 0.701. The van der Waals surface area contributed by atoms with Crippen molar-refractivity contribution >= 4 is 11.3 Å². The predicted octanol–water partition coefficient (Wildman–Crippen LogP) is 3.47. The van der Waals surface area contributed by atoms with Gasteiger partial charge < -0.3 is 0 Å². The molecule has 0 nitrogen and oxygen atoms in total. The van der Waals surface area contributed by atoms with E-state index in [0.29, 0.717) is 5.92 Å². The van der Waals surface area contributed by atoms with E-state index in [0.717, 1.165) is 6.42 Å². The van der Waals surface area contributed by atoms with E-state index in [-0.39, 0.29) is 0 Å². The van der Waals surface area contributed by atoms with Crippen molar-refractivity contribution in [3.63, 3.8) is 0 Å². The van der Waals surface area contributed by atoms with Crippen LogP contribution in [-0.2, 0) is 0 Å². The average Bonchev–Trinajstić information content (AvgIpc) is 2.38. The molecule has 1 aromatic rings. The molecule has 1 radical (unpaired) electrons. The van der Waals surface area contributed by atoms with Crippen LogP contribution in [0.5, 0.6) is 0 Å². The molecular weight excluding hydrogens is 140 g/mol. The summed E-state index contributed by atoms with van der Waals surface area (Å²) in [5.74, 6) is 0.706. The maximum atomic E-state index is 3.84. The van der Waals surface area contributed by atoms with Gasteiger partial charge in [0.15, 0.2) is 0 Å². The topological polar surface area (TPSA) is 0 Å². The predicted molar refractivity (Wildman–Crippen MR) is 47.3 cm³/mol. The van der Waals surface area contributed by atoms with Crippen molar-refractivity contribution < 1.29 is 0 Å². The van der Waals surface area contributed by atoms with Crippen LogP contribution in [0.4, 0.5) is 0 Å². The summed E-state index contributed by atoms with van der Waals surface area (Å²) < 4.78 is 0. The van der Waals surface area contributed by atoms with E-state index < -0.39 is 0 Å². The van der Waals surface area contributed by atoms with E-state index in [1.54, 1.807) is 0 Å². The van der Waals surface area contributed by atoms with E-state index in [1.165, 1.54) is 11.3 Å². The average molecular weight is 153 g/mol. The van der Waals surface area contributed by atoms with Crippen molar-refractivity contribution in [2.45, 2.75) is 25.7 Å². The summed E-state index contributed by atoms with van der Waals surface area (Å²) in [6.45, 7) is 6.10. The highest BCUT2D eigenvalue weighted by molar-refractivity contribution is 7.10. The van der Waals surface area contributed by atoms with Crippen molar-refractivity contribution in [1.82, 2.24) is 0 Å². The summed E-state index contributed by atoms with van der Waals surface area (Å²) in [6.07, 6.45) is 2.25. The summed E-state index contributed by atoms with van der Waals surface area (Å²) in [5, 5.41) is 2.13. The van der Waals surface area contributed by atoms with Crippen LogP contribution in [0.15, 0.2) is 17.5 Å². The molecule has 1 unspecified atom stereocenters. The fraction of sp³-hybridized carbons (Fsp3) is 0.444. The van der Waals surface area contributed by atoms with Gasteiger partial charge in [-0.05, 0) is 23.8 Å². The normalized spacial score (nSPS) is 13.4. The van der Waals surface area contributed by atoms with Crippen LogP contribution in [0.1, 0.15) is 30.6 Å². The molecule has 1 atom stereocenters. The molecule has 0 saturated carbocycles. The molecule has 0 aliphatic heterocycles. The molecule has 10 heavy (non-hydrogen) atoms. The van der Waals surface area contributed by atoms with Gasteiger partial charge >= 0.3 is 0 Å². The second-order valence-electron chi connectivity index (χ2n) is 2.56. The van der Waals surface area contributed by atoms with E-state index >= 15 is 0 Å². The van der Waals surface area contributed by atoms with Crippen LogP contribution in [0, 0.1) is 6.92 Å². The second-order valence-corrected chi connectivity index (χ2v) is 3.54. The summed E-state index contributed by atoms with van der Waals surface area (Å²) in [5.41, 5.74) is 0. The largest absolute Gasteiger partial charge is 0.149 e. The number of thiophene rings is 1. The standard InChI is InChI=1S/C9H13S/c1-3-5-8(2)9-6-4-7-10-9/h4,6-8H,1,3,5H2,2H3. The number of rotatable bonds is 3. The van der Waals surface area contributed by atoms with Crippen molar-refractivity contribution in [2.24, 2.45) is 0 Å². The Hall–Kier alpha value is -0.300. The van der Waals surface area contributed by atoms with Gasteiger partial charge in [0.05, 0.1) is 0 Å². The fourth-order valence-electron chi connectivity index (χ4n) is 1.02. The molecule has 0 spiro atoms. The van der Waals surface area contributed by atoms with Gasteiger partial charge in [0.1, 0.15) is 0 Å². The van der Waals surface area contributed by atoms with Crippen LogP contribution in [0.25, 0.3) is 0 Å². The lowest BCUT2D eigenvalue weighted by Gasteiger charge is -2.05. The van der Waals surface area contributed by atoms with E-state index in [4.69, 9.17) is 0 Å². The molecule has 0 aromatic carbocycles. The van der Waals surface area contributed by atoms with Gasteiger partial charge in [-0.3, -0.25) is 0 Å². The minimum absolute atomic E-state index is 0.706. The Morgan fingerprint density at radius 3 is 3.00 bits per heavy atom. The highest BCUT2D eigenvalue weighted by atomic mass is 32.1. The Morgan fingerprint density at radius 1 is 1.70 bits per heavy atom. The first-order valence-corrected chi connectivity index (χ1v) is 4.55. The molecule has 0 aliphatic carbocycles. The molecule has 55 valence electrons. The van der Waals surface area contributed by atoms with Crippen molar-refractivity contribution in [3.05, 3.63) is 29.3 Å². The Bertz CT molecular complexity index is 165. The maximum absolute atomic E-state index is 3.84. The second kappa shape index (κ2) is 3.77. The minimum atomic E-state index is 0.706. The molecule has 0 saturated heterocycles. The summed E-state index contributed by atoms with van der Waals surface area (Å²) in [6, 6.07) is 4.31. The lowest BCUT2D eigenvalue weighted by Crippen LogP contribution is -1.87. The minimum Gasteiger partial charge on any atom is -0.149 e. The monoisotopic (exact) mass is 153 g/mol. The Balaban J connectivity index is 2.50. The lowest BCUT2D eigenvalue weighted by atomic mass is 10.1. The van der Waals surface area contributed by atoms with Crippen LogP contribution < -0.4 is 0 Å². The first-order chi connectivity index (χ1) is 4.84. The van der Waals surface area contributed by atoms with Gasteiger partial charge in [0.2, 0.25) is 0 Å². The van der Waals surface area contributed by atoms with E-state index in [2.05, 4.69) is 31.4 Å². The van der Waals surface area contributed by atoms with Crippen molar-refractivity contribution in [1.29, 1.82) is 0 Å². The Kier molecular flexibility index (Phi) is 2.94. The smallest absolute Gasteiger partial charge is 0.00734 e. The SMILES string of the molecule is [CH2]CCC(C)c1cccs1. The van der Waals surface area contributed by atoms with Gasteiger partial charge in [-0.25, -0.2) is 0 Å². The molecule has 1 heteroatoms. The third-order valence-corrected chi connectivity index (χ3v) is 2.77. The van der Waals surface area contributed by atoms with Gasteiger partial charge in [-0.1, -0.05) is 26.3 Å². The quantitative estimate of drug-likeness (QED) is 0.623. The van der Waals surface area contributed by atoms with Crippen LogP contribution in [0.3, 0.4) is 0 Å². The molecule has 0 amide bonds. The summed E-state index contributed by atoms with van der Waals surface area (Å²) in [4.78, 5) is 1.49. The first kappa shape index (κ1) is 7.80. The third-order valence-electron chi connectivity index (χ3n) is 1.67. The fourth-order valence-corrected chi connectivity index (χ4v) is 1.84. The van der Waals surface area contributed by atoms with Gasteiger partial charge in [-0.15, -0.1) is 11.3 Å². The Labute approximate surface area is 66.9 Å². The molecular formula is C9H13S. The number of hydrogen-bond acceptors (Lipinski definition) is 1.